The molecule has 0 aliphatic heterocycles. The van der Waals surface area contributed by atoms with Crippen LogP contribution < -0.4 is 5.32 Å². The van der Waals surface area contributed by atoms with Crippen LogP contribution in [0.15, 0.2) is 35.7 Å². The summed E-state index contributed by atoms with van der Waals surface area (Å²) in [6, 6.07) is 9.77. The van der Waals surface area contributed by atoms with E-state index in [0.717, 1.165) is 10.6 Å². The molecule has 0 aliphatic carbocycles. The molecular formula is C16H20N2O2S. The van der Waals surface area contributed by atoms with Crippen molar-refractivity contribution in [3.05, 3.63) is 41.4 Å². The Balaban J connectivity index is 2.08. The van der Waals surface area contributed by atoms with Gasteiger partial charge in [0.1, 0.15) is 10.7 Å². The van der Waals surface area contributed by atoms with Crippen LogP contribution in [0, 0.1) is 5.92 Å². The zero-order valence-corrected chi connectivity index (χ0v) is 13.1. The molecule has 1 aromatic carbocycles. The number of nitrogens with one attached hydrogen (secondary N) is 1. The number of rotatable bonds is 6. The Hall–Kier alpha value is -1.72. The summed E-state index contributed by atoms with van der Waals surface area (Å²) in [6.07, 6.45) is 0.555. The Morgan fingerprint density at radius 2 is 2.05 bits per heavy atom. The van der Waals surface area contributed by atoms with Crippen LogP contribution in [0.3, 0.4) is 0 Å². The molecule has 5 heteroatoms. The quantitative estimate of drug-likeness (QED) is 0.862. The highest BCUT2D eigenvalue weighted by Crippen LogP contribution is 2.23. The molecule has 0 spiro atoms. The molecule has 0 saturated heterocycles. The molecule has 2 rings (SSSR count). The van der Waals surface area contributed by atoms with Gasteiger partial charge in [-0.3, -0.25) is 4.79 Å². The van der Waals surface area contributed by atoms with Crippen molar-refractivity contribution in [1.82, 2.24) is 10.3 Å². The molecule has 0 fully saturated rings. The lowest BCUT2D eigenvalue weighted by Gasteiger charge is -2.20. The number of thiazole rings is 1. The van der Waals surface area contributed by atoms with Gasteiger partial charge in [0, 0.05) is 23.6 Å². The first-order valence-electron chi connectivity index (χ1n) is 7.04. The van der Waals surface area contributed by atoms with E-state index in [-0.39, 0.29) is 24.5 Å². The standard InChI is InChI=1S/C16H20N2O2S/c1-11(2)13(8-9-19)17-15(20)14-10-21-16(18-14)12-6-4-3-5-7-12/h3-7,10-11,13,19H,8-9H2,1-2H3,(H,17,20). The predicted octanol–water partition coefficient (Wildman–Crippen LogP) is 2.95. The third-order valence-corrected chi connectivity index (χ3v) is 4.21. The predicted molar refractivity (Wildman–Crippen MR) is 85.3 cm³/mol. The molecule has 1 aromatic heterocycles. The lowest BCUT2D eigenvalue weighted by Crippen LogP contribution is -2.39. The Bertz CT molecular complexity index is 581. The van der Waals surface area contributed by atoms with E-state index in [9.17, 15) is 4.79 Å². The molecule has 0 radical (unpaired) electrons. The third kappa shape index (κ3) is 4.12. The number of amides is 1. The van der Waals surface area contributed by atoms with Gasteiger partial charge in [0.15, 0.2) is 0 Å². The smallest absolute Gasteiger partial charge is 0.271 e. The van der Waals surface area contributed by atoms with Gasteiger partial charge in [-0.05, 0) is 12.3 Å². The third-order valence-electron chi connectivity index (χ3n) is 3.32. The minimum absolute atomic E-state index is 0.0376. The number of carbonyl (C=O) groups is 1. The first kappa shape index (κ1) is 15.7. The number of aliphatic hydroxyl groups is 1. The zero-order chi connectivity index (χ0) is 15.2. The Morgan fingerprint density at radius 1 is 1.33 bits per heavy atom. The summed E-state index contributed by atoms with van der Waals surface area (Å²) in [5.74, 6) is 0.0916. The van der Waals surface area contributed by atoms with E-state index in [4.69, 9.17) is 5.11 Å². The van der Waals surface area contributed by atoms with Gasteiger partial charge >= 0.3 is 0 Å². The minimum atomic E-state index is -0.180. The molecule has 0 aliphatic rings. The zero-order valence-electron chi connectivity index (χ0n) is 12.2. The van der Waals surface area contributed by atoms with Crippen molar-refractivity contribution in [2.45, 2.75) is 26.3 Å². The van der Waals surface area contributed by atoms with Crippen molar-refractivity contribution in [2.24, 2.45) is 5.92 Å². The molecular weight excluding hydrogens is 284 g/mol. The van der Waals surface area contributed by atoms with Crippen LogP contribution in [-0.2, 0) is 0 Å². The molecule has 112 valence electrons. The van der Waals surface area contributed by atoms with Crippen LogP contribution in [0.2, 0.25) is 0 Å². The van der Waals surface area contributed by atoms with Crippen LogP contribution in [0.25, 0.3) is 10.6 Å². The maximum absolute atomic E-state index is 12.2. The lowest BCUT2D eigenvalue weighted by molar-refractivity contribution is 0.0912. The fourth-order valence-electron chi connectivity index (χ4n) is 2.04. The van der Waals surface area contributed by atoms with Gasteiger partial charge in [0.2, 0.25) is 0 Å². The topological polar surface area (TPSA) is 62.2 Å². The van der Waals surface area contributed by atoms with Gasteiger partial charge in [-0.25, -0.2) is 4.98 Å². The maximum atomic E-state index is 12.2. The van der Waals surface area contributed by atoms with Gasteiger partial charge in [-0.2, -0.15) is 0 Å². The first-order chi connectivity index (χ1) is 10.1. The lowest BCUT2D eigenvalue weighted by atomic mass is 10.0. The number of aliphatic hydroxyl groups excluding tert-OH is 1. The summed E-state index contributed by atoms with van der Waals surface area (Å²) in [5, 5.41) is 14.6. The second-order valence-corrected chi connectivity index (χ2v) is 6.10. The van der Waals surface area contributed by atoms with E-state index in [1.165, 1.54) is 11.3 Å². The van der Waals surface area contributed by atoms with Crippen LogP contribution in [0.5, 0.6) is 0 Å². The average molecular weight is 304 g/mol. The summed E-state index contributed by atoms with van der Waals surface area (Å²) < 4.78 is 0. The van der Waals surface area contributed by atoms with Crippen molar-refractivity contribution in [3.63, 3.8) is 0 Å². The molecule has 0 bridgehead atoms. The summed E-state index contributed by atoms with van der Waals surface area (Å²) >= 11 is 1.46. The number of carbonyl (C=O) groups excluding carboxylic acids is 1. The largest absolute Gasteiger partial charge is 0.396 e. The van der Waals surface area contributed by atoms with Crippen molar-refractivity contribution in [1.29, 1.82) is 0 Å². The van der Waals surface area contributed by atoms with Gasteiger partial charge < -0.3 is 10.4 Å². The van der Waals surface area contributed by atoms with Gasteiger partial charge in [0.25, 0.3) is 5.91 Å². The Kier molecular flexibility index (Phi) is 5.47. The summed E-state index contributed by atoms with van der Waals surface area (Å²) in [5.41, 5.74) is 1.44. The summed E-state index contributed by atoms with van der Waals surface area (Å²) in [6.45, 7) is 4.11. The van der Waals surface area contributed by atoms with Gasteiger partial charge in [0.05, 0.1) is 0 Å². The highest BCUT2D eigenvalue weighted by atomic mass is 32.1. The minimum Gasteiger partial charge on any atom is -0.396 e. The second kappa shape index (κ2) is 7.33. The number of hydrogen-bond acceptors (Lipinski definition) is 4. The molecule has 21 heavy (non-hydrogen) atoms. The van der Waals surface area contributed by atoms with Crippen LogP contribution in [0.1, 0.15) is 30.8 Å². The molecule has 4 nitrogen and oxygen atoms in total. The summed E-state index contributed by atoms with van der Waals surface area (Å²) in [7, 11) is 0. The van der Waals surface area contributed by atoms with Crippen LogP contribution in [-0.4, -0.2) is 28.6 Å². The van der Waals surface area contributed by atoms with E-state index in [2.05, 4.69) is 10.3 Å². The van der Waals surface area contributed by atoms with Crippen LogP contribution >= 0.6 is 11.3 Å². The highest BCUT2D eigenvalue weighted by molar-refractivity contribution is 7.13. The Morgan fingerprint density at radius 3 is 2.67 bits per heavy atom. The maximum Gasteiger partial charge on any atom is 0.271 e. The number of benzene rings is 1. The number of hydrogen-bond donors (Lipinski definition) is 2. The van der Waals surface area contributed by atoms with Crippen molar-refractivity contribution >= 4 is 17.2 Å². The average Bonchev–Trinajstić information content (AvgIpc) is 2.97. The van der Waals surface area contributed by atoms with Crippen molar-refractivity contribution < 1.29 is 9.90 Å². The Labute approximate surface area is 128 Å². The van der Waals surface area contributed by atoms with E-state index < -0.39 is 0 Å². The molecule has 1 heterocycles. The van der Waals surface area contributed by atoms with Crippen molar-refractivity contribution in [2.75, 3.05) is 6.61 Å². The SMILES string of the molecule is CC(C)C(CCO)NC(=O)c1csc(-c2ccccc2)n1. The summed E-state index contributed by atoms with van der Waals surface area (Å²) in [4.78, 5) is 16.6. The van der Waals surface area contributed by atoms with E-state index in [1.54, 1.807) is 5.38 Å². The second-order valence-electron chi connectivity index (χ2n) is 5.24. The molecule has 2 N–H and O–H groups in total. The fourth-order valence-corrected chi connectivity index (χ4v) is 2.85. The van der Waals surface area contributed by atoms with Gasteiger partial charge in [-0.15, -0.1) is 11.3 Å². The van der Waals surface area contributed by atoms with E-state index in [0.29, 0.717) is 12.1 Å². The van der Waals surface area contributed by atoms with Crippen molar-refractivity contribution in [3.8, 4) is 10.6 Å². The highest BCUT2D eigenvalue weighted by Gasteiger charge is 2.18. The van der Waals surface area contributed by atoms with E-state index >= 15 is 0 Å². The molecule has 2 aromatic rings. The number of aromatic nitrogens is 1. The molecule has 1 unspecified atom stereocenters. The normalized spacial score (nSPS) is 12.4. The monoisotopic (exact) mass is 304 g/mol. The van der Waals surface area contributed by atoms with Crippen LogP contribution in [0.4, 0.5) is 0 Å². The first-order valence-corrected chi connectivity index (χ1v) is 7.92. The molecule has 1 amide bonds. The molecule has 0 saturated carbocycles. The van der Waals surface area contributed by atoms with Gasteiger partial charge in [-0.1, -0.05) is 44.2 Å². The van der Waals surface area contributed by atoms with E-state index in [1.807, 2.05) is 44.2 Å². The fraction of sp³-hybridized carbons (Fsp3) is 0.375. The number of nitrogens with zero attached hydrogens (tertiary/aromatic N) is 1. The molecule has 1 atom stereocenters.